The summed E-state index contributed by atoms with van der Waals surface area (Å²) >= 11 is 6.86. The number of carbonyl (C=O) groups excluding carboxylic acids is 1. The van der Waals surface area contributed by atoms with Crippen LogP contribution in [0.25, 0.3) is 11.5 Å². The van der Waals surface area contributed by atoms with E-state index in [4.69, 9.17) is 20.8 Å². The van der Waals surface area contributed by atoms with Gasteiger partial charge in [-0.25, -0.2) is 0 Å². The SMILES string of the molecule is Cc1cc(OC(=O)CSc2nnc(-c3ccc(Cl)cc3)o2)ccc1[N+](=O)[O-]. The molecule has 1 heterocycles. The van der Waals surface area contributed by atoms with Gasteiger partial charge in [-0.2, -0.15) is 0 Å². The Balaban J connectivity index is 1.57. The zero-order valence-corrected chi connectivity index (χ0v) is 15.5. The number of benzene rings is 2. The average molecular weight is 406 g/mol. The molecule has 0 saturated carbocycles. The first-order valence-corrected chi connectivity index (χ1v) is 8.96. The molecular formula is C17H12ClN3O5S. The highest BCUT2D eigenvalue weighted by molar-refractivity contribution is 7.99. The molecule has 3 aromatic rings. The van der Waals surface area contributed by atoms with Crippen molar-refractivity contribution in [2.75, 3.05) is 5.75 Å². The van der Waals surface area contributed by atoms with Crippen LogP contribution in [0.2, 0.25) is 5.02 Å². The van der Waals surface area contributed by atoms with Crippen molar-refractivity contribution in [1.82, 2.24) is 10.2 Å². The number of carbonyl (C=O) groups is 1. The fourth-order valence-corrected chi connectivity index (χ4v) is 2.82. The molecule has 10 heteroatoms. The highest BCUT2D eigenvalue weighted by Gasteiger charge is 2.15. The Bertz CT molecular complexity index is 990. The van der Waals surface area contributed by atoms with E-state index in [1.165, 1.54) is 18.2 Å². The molecule has 3 rings (SSSR count). The van der Waals surface area contributed by atoms with Gasteiger partial charge in [-0.1, -0.05) is 23.4 Å². The number of rotatable bonds is 6. The van der Waals surface area contributed by atoms with Crippen LogP contribution >= 0.6 is 23.4 Å². The summed E-state index contributed by atoms with van der Waals surface area (Å²) in [6, 6.07) is 11.0. The van der Waals surface area contributed by atoms with Gasteiger partial charge in [0, 0.05) is 22.2 Å². The molecule has 0 aliphatic rings. The van der Waals surface area contributed by atoms with Gasteiger partial charge in [0.2, 0.25) is 5.89 Å². The molecule has 0 aliphatic heterocycles. The van der Waals surface area contributed by atoms with Crippen LogP contribution in [0, 0.1) is 17.0 Å². The van der Waals surface area contributed by atoms with E-state index in [0.29, 0.717) is 22.0 Å². The maximum atomic E-state index is 11.9. The Kier molecular flexibility index (Phi) is 5.72. The van der Waals surface area contributed by atoms with E-state index < -0.39 is 10.9 Å². The highest BCUT2D eigenvalue weighted by Crippen LogP contribution is 2.26. The molecule has 0 atom stereocenters. The predicted octanol–water partition coefficient (Wildman–Crippen LogP) is 4.30. The van der Waals surface area contributed by atoms with Gasteiger partial charge in [-0.05, 0) is 43.3 Å². The molecule has 0 spiro atoms. The number of thioether (sulfide) groups is 1. The number of nitro groups is 1. The van der Waals surface area contributed by atoms with Crippen LogP contribution in [0.1, 0.15) is 5.56 Å². The van der Waals surface area contributed by atoms with Crippen molar-refractivity contribution >= 4 is 35.0 Å². The number of hydrogen-bond donors (Lipinski definition) is 0. The van der Waals surface area contributed by atoms with Gasteiger partial charge in [0.1, 0.15) is 11.5 Å². The molecule has 0 N–H and O–H groups in total. The summed E-state index contributed by atoms with van der Waals surface area (Å²) in [5.41, 5.74) is 1.08. The first-order valence-electron chi connectivity index (χ1n) is 7.60. The second-order valence-electron chi connectivity index (χ2n) is 5.35. The third-order valence-electron chi connectivity index (χ3n) is 3.41. The van der Waals surface area contributed by atoms with Crippen molar-refractivity contribution in [3.05, 3.63) is 63.2 Å². The topological polar surface area (TPSA) is 108 Å². The Morgan fingerprint density at radius 1 is 1.26 bits per heavy atom. The maximum absolute atomic E-state index is 11.9. The molecule has 0 fully saturated rings. The molecule has 2 aromatic carbocycles. The lowest BCUT2D eigenvalue weighted by atomic mass is 10.2. The van der Waals surface area contributed by atoms with Crippen molar-refractivity contribution in [2.45, 2.75) is 12.1 Å². The van der Waals surface area contributed by atoms with Crippen molar-refractivity contribution in [3.63, 3.8) is 0 Å². The number of hydrogen-bond acceptors (Lipinski definition) is 8. The van der Waals surface area contributed by atoms with Crippen molar-refractivity contribution < 1.29 is 18.9 Å². The van der Waals surface area contributed by atoms with Crippen LogP contribution in [0.3, 0.4) is 0 Å². The second-order valence-corrected chi connectivity index (χ2v) is 6.71. The fourth-order valence-electron chi connectivity index (χ4n) is 2.16. The smallest absolute Gasteiger partial charge is 0.321 e. The van der Waals surface area contributed by atoms with Gasteiger partial charge < -0.3 is 9.15 Å². The summed E-state index contributed by atoms with van der Waals surface area (Å²) in [7, 11) is 0. The van der Waals surface area contributed by atoms with E-state index >= 15 is 0 Å². The minimum atomic E-state index is -0.542. The number of aromatic nitrogens is 2. The Morgan fingerprint density at radius 2 is 2.00 bits per heavy atom. The predicted molar refractivity (Wildman–Crippen MR) is 98.9 cm³/mol. The van der Waals surface area contributed by atoms with E-state index in [2.05, 4.69) is 10.2 Å². The third-order valence-corrected chi connectivity index (χ3v) is 4.45. The first-order chi connectivity index (χ1) is 12.9. The van der Waals surface area contributed by atoms with E-state index in [1.54, 1.807) is 31.2 Å². The van der Waals surface area contributed by atoms with Crippen LogP contribution < -0.4 is 4.74 Å². The summed E-state index contributed by atoms with van der Waals surface area (Å²) < 4.78 is 10.7. The second kappa shape index (κ2) is 8.19. The van der Waals surface area contributed by atoms with Crippen LogP contribution in [-0.4, -0.2) is 26.8 Å². The highest BCUT2D eigenvalue weighted by atomic mass is 35.5. The lowest BCUT2D eigenvalue weighted by Gasteiger charge is -2.04. The number of halogens is 1. The van der Waals surface area contributed by atoms with Crippen LogP contribution in [0.15, 0.2) is 52.1 Å². The summed E-state index contributed by atoms with van der Waals surface area (Å²) in [5, 5.41) is 19.4. The molecule has 8 nitrogen and oxygen atoms in total. The van der Waals surface area contributed by atoms with Gasteiger partial charge in [-0.15, -0.1) is 10.2 Å². The number of nitrogens with zero attached hydrogens (tertiary/aromatic N) is 3. The van der Waals surface area contributed by atoms with Crippen molar-refractivity contribution in [1.29, 1.82) is 0 Å². The summed E-state index contributed by atoms with van der Waals surface area (Å²) in [6.45, 7) is 1.57. The zero-order valence-electron chi connectivity index (χ0n) is 13.9. The van der Waals surface area contributed by atoms with Gasteiger partial charge in [-0.3, -0.25) is 14.9 Å². The Morgan fingerprint density at radius 3 is 2.67 bits per heavy atom. The monoisotopic (exact) mass is 405 g/mol. The van der Waals surface area contributed by atoms with Gasteiger partial charge in [0.15, 0.2) is 0 Å². The summed E-state index contributed by atoms with van der Waals surface area (Å²) in [5.74, 6) is -0.0535. The van der Waals surface area contributed by atoms with E-state index in [0.717, 1.165) is 11.8 Å². The summed E-state index contributed by atoms with van der Waals surface area (Å²) in [4.78, 5) is 22.3. The van der Waals surface area contributed by atoms with Crippen molar-refractivity contribution in [3.8, 4) is 17.2 Å². The molecule has 0 amide bonds. The zero-order chi connectivity index (χ0) is 19.4. The first kappa shape index (κ1) is 18.9. The van der Waals surface area contributed by atoms with Crippen LogP contribution in [0.4, 0.5) is 5.69 Å². The third kappa shape index (κ3) is 4.83. The minimum absolute atomic E-state index is 0.0373. The van der Waals surface area contributed by atoms with Crippen LogP contribution in [0.5, 0.6) is 5.75 Å². The molecule has 0 aliphatic carbocycles. The molecule has 138 valence electrons. The van der Waals surface area contributed by atoms with Crippen LogP contribution in [-0.2, 0) is 4.79 Å². The normalized spacial score (nSPS) is 10.6. The largest absolute Gasteiger partial charge is 0.426 e. The summed E-state index contributed by atoms with van der Waals surface area (Å²) in [6.07, 6.45) is 0. The molecule has 0 saturated heterocycles. The quantitative estimate of drug-likeness (QED) is 0.196. The van der Waals surface area contributed by atoms with Crippen molar-refractivity contribution in [2.24, 2.45) is 0 Å². The standard InChI is InChI=1S/C17H12ClN3O5S/c1-10-8-13(6-7-14(10)21(23)24)25-15(22)9-27-17-20-19-16(26-17)11-2-4-12(18)5-3-11/h2-8H,9H2,1H3. The molecule has 0 unspecified atom stereocenters. The molecule has 0 bridgehead atoms. The Labute approximate surface area is 162 Å². The van der Waals surface area contributed by atoms with Gasteiger partial charge in [0.05, 0.1) is 4.92 Å². The van der Waals surface area contributed by atoms with E-state index in [1.807, 2.05) is 0 Å². The molecule has 1 aromatic heterocycles. The molecule has 0 radical (unpaired) electrons. The number of aryl methyl sites for hydroxylation is 1. The Hall–Kier alpha value is -2.91. The number of esters is 1. The number of nitro benzene ring substituents is 1. The fraction of sp³-hybridized carbons (Fsp3) is 0.118. The van der Waals surface area contributed by atoms with Gasteiger partial charge >= 0.3 is 5.97 Å². The van der Waals surface area contributed by atoms with E-state index in [-0.39, 0.29) is 22.4 Å². The minimum Gasteiger partial charge on any atom is -0.426 e. The maximum Gasteiger partial charge on any atom is 0.321 e. The van der Waals surface area contributed by atoms with Gasteiger partial charge in [0.25, 0.3) is 10.9 Å². The lowest BCUT2D eigenvalue weighted by Crippen LogP contribution is -2.10. The average Bonchev–Trinajstić information content (AvgIpc) is 3.09. The lowest BCUT2D eigenvalue weighted by molar-refractivity contribution is -0.385. The van der Waals surface area contributed by atoms with E-state index in [9.17, 15) is 14.9 Å². The number of ether oxygens (including phenoxy) is 1. The molecule has 27 heavy (non-hydrogen) atoms. The molecular weight excluding hydrogens is 394 g/mol.